The summed E-state index contributed by atoms with van der Waals surface area (Å²) in [5, 5.41) is 5.43. The van der Waals surface area contributed by atoms with Gasteiger partial charge in [-0.2, -0.15) is 0 Å². The van der Waals surface area contributed by atoms with Crippen molar-refractivity contribution in [3.8, 4) is 5.75 Å². The molecule has 3 N–H and O–H groups in total. The zero-order valence-corrected chi connectivity index (χ0v) is 28.3. The average molecular weight is 644 g/mol. The first-order valence-corrected chi connectivity index (χ1v) is 16.8. The molecule has 1 aliphatic rings. The Morgan fingerprint density at radius 2 is 1.62 bits per heavy atom. The largest absolute Gasteiger partial charge is 0.528 e. The number of ether oxygens (including phenoxy) is 2. The summed E-state index contributed by atoms with van der Waals surface area (Å²) in [5.74, 6) is -0.186. The lowest BCUT2D eigenvalue weighted by Gasteiger charge is -2.37. The Morgan fingerprint density at radius 1 is 0.978 bits per heavy atom. The minimum absolute atomic E-state index is 0.0140. The van der Waals surface area contributed by atoms with Gasteiger partial charge in [0.25, 0.3) is 5.91 Å². The van der Waals surface area contributed by atoms with Crippen LogP contribution >= 0.6 is 0 Å². The van der Waals surface area contributed by atoms with E-state index in [1.54, 1.807) is 44.0 Å². The number of carbonyl (C=O) groups is 2. The SMILES string of the molecule is COc1c(NC(=O)c2cc3cccc(C(C)N4CCN(OC(=O)OC(C)(C)C)CC4)c3[nH]2)cc(C(C)(C)C)cc1NS(C)(=O)=O. The highest BCUT2D eigenvalue weighted by Crippen LogP contribution is 2.39. The number of nitrogens with one attached hydrogen (secondary N) is 3. The maximum absolute atomic E-state index is 13.6. The van der Waals surface area contributed by atoms with Crippen LogP contribution in [0.1, 0.15) is 76.1 Å². The number of aromatic amines is 1. The number of benzene rings is 2. The summed E-state index contributed by atoms with van der Waals surface area (Å²) in [4.78, 5) is 36.7. The molecule has 45 heavy (non-hydrogen) atoms. The molecule has 0 aliphatic carbocycles. The van der Waals surface area contributed by atoms with Crippen molar-refractivity contribution in [3.05, 3.63) is 53.2 Å². The number of rotatable bonds is 8. The van der Waals surface area contributed by atoms with Crippen molar-refractivity contribution in [2.45, 2.75) is 65.5 Å². The molecule has 0 spiro atoms. The summed E-state index contributed by atoms with van der Waals surface area (Å²) in [6.07, 6.45) is 0.353. The van der Waals surface area contributed by atoms with E-state index in [1.165, 1.54) is 7.11 Å². The van der Waals surface area contributed by atoms with Gasteiger partial charge in [-0.3, -0.25) is 14.4 Å². The number of fused-ring (bicyclic) bond motifs is 1. The molecule has 1 aromatic heterocycles. The Labute approximate surface area is 265 Å². The van der Waals surface area contributed by atoms with E-state index in [1.807, 2.05) is 39.0 Å². The van der Waals surface area contributed by atoms with E-state index in [-0.39, 0.29) is 22.9 Å². The fraction of sp³-hybridized carbons (Fsp3) is 0.500. The first-order valence-electron chi connectivity index (χ1n) is 14.9. The zero-order valence-electron chi connectivity index (χ0n) is 27.5. The minimum Gasteiger partial charge on any atom is -0.492 e. The van der Waals surface area contributed by atoms with Gasteiger partial charge >= 0.3 is 6.16 Å². The summed E-state index contributed by atoms with van der Waals surface area (Å²) in [7, 11) is -2.18. The molecule has 246 valence electrons. The molecule has 1 aliphatic heterocycles. The molecule has 1 unspecified atom stereocenters. The van der Waals surface area contributed by atoms with Gasteiger partial charge in [0, 0.05) is 37.6 Å². The Balaban J connectivity index is 1.54. The van der Waals surface area contributed by atoms with Crippen LogP contribution in [0.4, 0.5) is 16.2 Å². The van der Waals surface area contributed by atoms with Crippen LogP contribution in [0.25, 0.3) is 10.9 Å². The molecule has 2 heterocycles. The van der Waals surface area contributed by atoms with E-state index in [4.69, 9.17) is 14.3 Å². The lowest BCUT2D eigenvalue weighted by molar-refractivity contribution is -0.160. The van der Waals surface area contributed by atoms with Crippen LogP contribution in [0.3, 0.4) is 0 Å². The van der Waals surface area contributed by atoms with Gasteiger partial charge in [0.2, 0.25) is 10.0 Å². The lowest BCUT2D eigenvalue weighted by atomic mass is 9.86. The number of anilines is 2. The second-order valence-electron chi connectivity index (χ2n) is 13.4. The number of aromatic nitrogens is 1. The number of hydrogen-bond donors (Lipinski definition) is 3. The van der Waals surface area contributed by atoms with E-state index < -0.39 is 27.7 Å². The second kappa shape index (κ2) is 12.9. The maximum atomic E-state index is 13.6. The number of methoxy groups -OCH3 is 1. The number of hydroxylamine groups is 2. The summed E-state index contributed by atoms with van der Waals surface area (Å²) < 4.78 is 37.5. The van der Waals surface area contributed by atoms with E-state index in [9.17, 15) is 18.0 Å². The van der Waals surface area contributed by atoms with Crippen LogP contribution < -0.4 is 14.8 Å². The molecular weight excluding hydrogens is 598 g/mol. The molecule has 0 radical (unpaired) electrons. The molecule has 12 nitrogen and oxygen atoms in total. The Hall–Kier alpha value is -3.81. The maximum Gasteiger partial charge on any atom is 0.528 e. The quantitative estimate of drug-likeness (QED) is 0.266. The lowest BCUT2D eigenvalue weighted by Crippen LogP contribution is -2.48. The van der Waals surface area contributed by atoms with Crippen LogP contribution in [0.5, 0.6) is 5.75 Å². The third-order valence-electron chi connectivity index (χ3n) is 7.50. The fourth-order valence-corrected chi connectivity index (χ4v) is 5.79. The first kappa shape index (κ1) is 34.1. The third-order valence-corrected chi connectivity index (χ3v) is 8.09. The Kier molecular flexibility index (Phi) is 9.76. The highest BCUT2D eigenvalue weighted by Gasteiger charge is 2.28. The van der Waals surface area contributed by atoms with Gasteiger partial charge in [-0.1, -0.05) is 39.0 Å². The number of H-pyrrole nitrogens is 1. The van der Waals surface area contributed by atoms with Crippen LogP contribution in [-0.2, 0) is 25.0 Å². The summed E-state index contributed by atoms with van der Waals surface area (Å²) in [6, 6.07) is 11.3. The predicted molar refractivity (Wildman–Crippen MR) is 175 cm³/mol. The van der Waals surface area contributed by atoms with Crippen molar-refractivity contribution in [2.75, 3.05) is 49.6 Å². The number of piperazine rings is 1. The van der Waals surface area contributed by atoms with Crippen molar-refractivity contribution in [3.63, 3.8) is 0 Å². The van der Waals surface area contributed by atoms with Crippen LogP contribution in [0.15, 0.2) is 36.4 Å². The molecule has 1 fully saturated rings. The summed E-state index contributed by atoms with van der Waals surface area (Å²) in [5.41, 5.74) is 2.66. The van der Waals surface area contributed by atoms with Gasteiger partial charge < -0.3 is 24.6 Å². The van der Waals surface area contributed by atoms with Crippen LogP contribution in [-0.4, -0.2) is 80.6 Å². The van der Waals surface area contributed by atoms with Crippen molar-refractivity contribution in [2.24, 2.45) is 0 Å². The second-order valence-corrected chi connectivity index (χ2v) is 15.1. The highest BCUT2D eigenvalue weighted by molar-refractivity contribution is 7.92. The van der Waals surface area contributed by atoms with Gasteiger partial charge in [0.1, 0.15) is 11.3 Å². The molecule has 1 amide bonds. The molecular formula is C32H45N5O7S. The molecule has 0 saturated carbocycles. The third kappa shape index (κ3) is 8.68. The smallest absolute Gasteiger partial charge is 0.492 e. The number of carbonyl (C=O) groups excluding carboxylic acids is 2. The molecule has 3 aromatic rings. The Bertz CT molecular complexity index is 1660. The van der Waals surface area contributed by atoms with Crippen molar-refractivity contribution in [1.82, 2.24) is 14.9 Å². The molecule has 1 atom stereocenters. The number of amides is 1. The van der Waals surface area contributed by atoms with Gasteiger partial charge in [-0.15, -0.1) is 5.06 Å². The van der Waals surface area contributed by atoms with Crippen LogP contribution in [0.2, 0.25) is 0 Å². The average Bonchev–Trinajstić information content (AvgIpc) is 3.35. The van der Waals surface area contributed by atoms with Gasteiger partial charge in [-0.05, 0) is 62.4 Å². The van der Waals surface area contributed by atoms with Crippen molar-refractivity contribution in [1.29, 1.82) is 0 Å². The normalized spacial score (nSPS) is 15.8. The van der Waals surface area contributed by atoms with Gasteiger partial charge in [0.05, 0.1) is 30.3 Å². The first-order chi connectivity index (χ1) is 20.8. The van der Waals surface area contributed by atoms with Crippen LogP contribution in [0, 0.1) is 0 Å². The zero-order chi connectivity index (χ0) is 33.3. The predicted octanol–water partition coefficient (Wildman–Crippen LogP) is 5.64. The molecule has 1 saturated heterocycles. The number of nitrogens with zero attached hydrogens (tertiary/aromatic N) is 2. The van der Waals surface area contributed by atoms with Crippen molar-refractivity contribution < 1.29 is 32.3 Å². The molecule has 4 rings (SSSR count). The molecule has 13 heteroatoms. The summed E-state index contributed by atoms with van der Waals surface area (Å²) >= 11 is 0. The van der Waals surface area contributed by atoms with E-state index in [2.05, 4.69) is 26.8 Å². The monoisotopic (exact) mass is 643 g/mol. The Morgan fingerprint density at radius 3 is 2.20 bits per heavy atom. The molecule has 0 bridgehead atoms. The fourth-order valence-electron chi connectivity index (χ4n) is 5.24. The topological polar surface area (TPSA) is 142 Å². The van der Waals surface area contributed by atoms with Crippen molar-refractivity contribution >= 4 is 44.4 Å². The van der Waals surface area contributed by atoms with E-state index in [0.717, 1.165) is 28.3 Å². The standard InChI is InChI=1S/C32H45N5O7S/c1-20(36-13-15-37(16-14-36)44-30(39)43-32(5,6)7)23-12-10-11-21-17-26(33-27(21)23)29(38)34-24-18-22(31(2,3)4)19-25(28(24)42-8)35-45(9,40)41/h10-12,17-20,33,35H,13-16H2,1-9H3,(H,34,38). The summed E-state index contributed by atoms with van der Waals surface area (Å²) in [6.45, 7) is 15.9. The van der Waals surface area contributed by atoms with Gasteiger partial charge in [0.15, 0.2) is 5.75 Å². The van der Waals surface area contributed by atoms with E-state index >= 15 is 0 Å². The number of sulfonamides is 1. The minimum atomic E-state index is -3.61. The number of para-hydroxylation sites is 1. The molecule has 2 aromatic carbocycles. The highest BCUT2D eigenvalue weighted by atomic mass is 32.2. The van der Waals surface area contributed by atoms with E-state index in [0.29, 0.717) is 37.6 Å². The van der Waals surface area contributed by atoms with Gasteiger partial charge in [-0.25, -0.2) is 13.2 Å². The number of hydrogen-bond acceptors (Lipinski definition) is 9.